The van der Waals surface area contributed by atoms with E-state index in [4.69, 9.17) is 0 Å². The van der Waals surface area contributed by atoms with Gasteiger partial charge in [-0.15, -0.1) is 0 Å². The van der Waals surface area contributed by atoms with E-state index < -0.39 is 24.2 Å². The number of phenols is 1. The Labute approximate surface area is 104 Å². The van der Waals surface area contributed by atoms with E-state index in [1.165, 1.54) is 13.8 Å². The normalized spacial score (nSPS) is 12.9. The van der Waals surface area contributed by atoms with Crippen LogP contribution in [0.1, 0.15) is 11.1 Å². The molecule has 19 heavy (non-hydrogen) atoms. The van der Waals surface area contributed by atoms with Crippen molar-refractivity contribution in [2.45, 2.75) is 32.3 Å². The molecule has 0 radical (unpaired) electrons. The maximum Gasteiger partial charge on any atom is 0.434 e. The maximum atomic E-state index is 12.3. The van der Waals surface area contributed by atoms with Gasteiger partial charge in [0.15, 0.2) is 0 Å². The average Bonchev–Trinajstić information content (AvgIpc) is 2.19. The third-order valence-electron chi connectivity index (χ3n) is 2.31. The second-order valence-electron chi connectivity index (χ2n) is 3.99. The molecule has 0 bridgehead atoms. The first-order chi connectivity index (χ1) is 8.43. The van der Waals surface area contributed by atoms with Gasteiger partial charge in [0.25, 0.3) is 6.10 Å². The zero-order chi connectivity index (χ0) is 15.0. The molecule has 0 saturated heterocycles. The second-order valence-corrected chi connectivity index (χ2v) is 3.99. The molecule has 0 fully saturated rings. The summed E-state index contributed by atoms with van der Waals surface area (Å²) in [5.41, 5.74) is 0.246. The summed E-state index contributed by atoms with van der Waals surface area (Å²) in [5.74, 6) is -0.810. The molecule has 2 nitrogen and oxygen atoms in total. The largest absolute Gasteiger partial charge is 0.507 e. The van der Waals surface area contributed by atoms with Crippen LogP contribution in [0, 0.1) is 13.8 Å². The molecule has 0 heterocycles. The number of benzene rings is 1. The Morgan fingerprint density at radius 2 is 1.32 bits per heavy atom. The third-order valence-corrected chi connectivity index (χ3v) is 2.31. The van der Waals surface area contributed by atoms with E-state index in [9.17, 15) is 31.4 Å². The van der Waals surface area contributed by atoms with Crippen LogP contribution in [-0.4, -0.2) is 23.6 Å². The first kappa shape index (κ1) is 15.5. The fourth-order valence-corrected chi connectivity index (χ4v) is 1.44. The van der Waals surface area contributed by atoms with E-state index in [1.54, 1.807) is 0 Å². The minimum atomic E-state index is -5.57. The van der Waals surface area contributed by atoms with E-state index in [2.05, 4.69) is 4.74 Å². The second kappa shape index (κ2) is 4.82. The fraction of sp³-hybridized carbons (Fsp3) is 0.455. The van der Waals surface area contributed by atoms with Crippen molar-refractivity contribution in [1.29, 1.82) is 0 Å². The number of alkyl halides is 6. The predicted molar refractivity (Wildman–Crippen MR) is 54.1 cm³/mol. The van der Waals surface area contributed by atoms with Crippen molar-refractivity contribution < 1.29 is 36.2 Å². The van der Waals surface area contributed by atoms with Gasteiger partial charge in [-0.25, -0.2) is 0 Å². The van der Waals surface area contributed by atoms with Crippen molar-refractivity contribution in [3.05, 3.63) is 23.3 Å². The Morgan fingerprint density at radius 3 is 1.63 bits per heavy atom. The lowest BCUT2D eigenvalue weighted by atomic mass is 10.1. The van der Waals surface area contributed by atoms with Gasteiger partial charge in [0.05, 0.1) is 0 Å². The molecule has 1 N–H and O–H groups in total. The molecular weight excluding hydrogens is 278 g/mol. The van der Waals surface area contributed by atoms with E-state index in [1.807, 2.05) is 0 Å². The van der Waals surface area contributed by atoms with Gasteiger partial charge in [0.1, 0.15) is 11.5 Å². The maximum absolute atomic E-state index is 12.3. The van der Waals surface area contributed by atoms with Crippen LogP contribution in [0.2, 0.25) is 0 Å². The molecule has 0 unspecified atom stereocenters. The van der Waals surface area contributed by atoms with Gasteiger partial charge in [-0.2, -0.15) is 26.3 Å². The molecule has 1 rings (SSSR count). The van der Waals surface area contributed by atoms with Crippen LogP contribution in [0.3, 0.4) is 0 Å². The van der Waals surface area contributed by atoms with Crippen molar-refractivity contribution >= 4 is 0 Å². The topological polar surface area (TPSA) is 29.5 Å². The van der Waals surface area contributed by atoms with E-state index in [0.29, 0.717) is 0 Å². The summed E-state index contributed by atoms with van der Waals surface area (Å²) in [4.78, 5) is 0. The number of hydrogen-bond donors (Lipinski definition) is 1. The van der Waals surface area contributed by atoms with Crippen LogP contribution >= 0.6 is 0 Å². The molecule has 0 spiro atoms. The van der Waals surface area contributed by atoms with Crippen molar-refractivity contribution in [2.75, 3.05) is 0 Å². The zero-order valence-electron chi connectivity index (χ0n) is 9.86. The van der Waals surface area contributed by atoms with Gasteiger partial charge >= 0.3 is 12.4 Å². The first-order valence-corrected chi connectivity index (χ1v) is 5.03. The van der Waals surface area contributed by atoms with Crippen LogP contribution in [0.4, 0.5) is 26.3 Å². The molecule has 0 saturated carbocycles. The summed E-state index contributed by atoms with van der Waals surface area (Å²) in [6.45, 7) is 2.68. The Bertz CT molecular complexity index is 426. The van der Waals surface area contributed by atoms with Crippen LogP contribution < -0.4 is 4.74 Å². The highest BCUT2D eigenvalue weighted by molar-refractivity contribution is 5.44. The van der Waals surface area contributed by atoms with Crippen LogP contribution in [0.5, 0.6) is 11.5 Å². The Balaban J connectivity index is 3.12. The van der Waals surface area contributed by atoms with Crippen LogP contribution in [0.25, 0.3) is 0 Å². The summed E-state index contributed by atoms with van der Waals surface area (Å²) in [7, 11) is 0. The molecule has 0 aromatic heterocycles. The Morgan fingerprint density at radius 1 is 0.947 bits per heavy atom. The van der Waals surface area contributed by atoms with E-state index >= 15 is 0 Å². The number of halogens is 6. The molecule has 8 heteroatoms. The SMILES string of the molecule is Cc1cc(OC(C(F)(F)F)C(F)(F)F)cc(C)c1O. The first-order valence-electron chi connectivity index (χ1n) is 5.03. The number of hydrogen-bond acceptors (Lipinski definition) is 2. The molecule has 108 valence electrons. The molecular formula is C11H10F6O2. The summed E-state index contributed by atoms with van der Waals surface area (Å²) in [6, 6.07) is 1.82. The van der Waals surface area contributed by atoms with Crippen LogP contribution in [0.15, 0.2) is 12.1 Å². The number of ether oxygens (including phenoxy) is 1. The molecule has 0 aliphatic rings. The monoisotopic (exact) mass is 288 g/mol. The summed E-state index contributed by atoms with van der Waals surface area (Å²) in [6.07, 6.45) is -15.0. The molecule has 0 aliphatic heterocycles. The lowest BCUT2D eigenvalue weighted by Gasteiger charge is -2.24. The van der Waals surface area contributed by atoms with Gasteiger partial charge in [-0.05, 0) is 37.1 Å². The average molecular weight is 288 g/mol. The van der Waals surface area contributed by atoms with Gasteiger partial charge in [-0.1, -0.05) is 0 Å². The number of aryl methyl sites for hydroxylation is 2. The molecule has 1 aromatic carbocycles. The van der Waals surface area contributed by atoms with E-state index in [-0.39, 0.29) is 16.9 Å². The number of aromatic hydroxyl groups is 1. The highest BCUT2D eigenvalue weighted by Gasteiger charge is 2.59. The number of phenolic OH excluding ortho intramolecular Hbond substituents is 1. The number of rotatable bonds is 2. The summed E-state index contributed by atoms with van der Waals surface area (Å²) < 4.78 is 77.7. The Kier molecular flexibility index (Phi) is 3.92. The van der Waals surface area contributed by atoms with Crippen LogP contribution in [-0.2, 0) is 0 Å². The standard InChI is InChI=1S/C11H10F6O2/c1-5-3-7(4-6(2)8(5)18)19-9(10(12,13)14)11(15,16)17/h3-4,9,18H,1-2H3. The zero-order valence-corrected chi connectivity index (χ0v) is 9.86. The summed E-state index contributed by atoms with van der Waals surface area (Å²) in [5, 5.41) is 9.38. The third kappa shape index (κ3) is 3.68. The highest BCUT2D eigenvalue weighted by Crippen LogP contribution is 2.37. The molecule has 0 atom stereocenters. The van der Waals surface area contributed by atoms with Gasteiger partial charge < -0.3 is 9.84 Å². The predicted octanol–water partition coefficient (Wildman–Crippen LogP) is 3.88. The lowest BCUT2D eigenvalue weighted by Crippen LogP contribution is -2.46. The molecule has 0 aliphatic carbocycles. The Hall–Kier alpha value is -1.60. The fourth-order valence-electron chi connectivity index (χ4n) is 1.44. The molecule has 0 amide bonds. The van der Waals surface area contributed by atoms with Crippen molar-refractivity contribution in [2.24, 2.45) is 0 Å². The quantitative estimate of drug-likeness (QED) is 0.837. The minimum Gasteiger partial charge on any atom is -0.507 e. The summed E-state index contributed by atoms with van der Waals surface area (Å²) >= 11 is 0. The smallest absolute Gasteiger partial charge is 0.434 e. The highest BCUT2D eigenvalue weighted by atomic mass is 19.4. The van der Waals surface area contributed by atoms with Gasteiger partial charge in [0, 0.05) is 0 Å². The lowest BCUT2D eigenvalue weighted by molar-refractivity contribution is -0.299. The van der Waals surface area contributed by atoms with Gasteiger partial charge in [0.2, 0.25) is 0 Å². The minimum absolute atomic E-state index is 0.123. The van der Waals surface area contributed by atoms with E-state index in [0.717, 1.165) is 12.1 Å². The van der Waals surface area contributed by atoms with Gasteiger partial charge in [-0.3, -0.25) is 0 Å². The van der Waals surface area contributed by atoms with Crippen molar-refractivity contribution in [1.82, 2.24) is 0 Å². The molecule has 1 aromatic rings. The van der Waals surface area contributed by atoms with Crippen molar-refractivity contribution in [3.63, 3.8) is 0 Å². The van der Waals surface area contributed by atoms with Crippen molar-refractivity contribution in [3.8, 4) is 11.5 Å².